The van der Waals surface area contributed by atoms with Crippen molar-refractivity contribution in [3.8, 4) is 11.5 Å². The third-order valence-corrected chi connectivity index (χ3v) is 5.07. The number of carbonyl (C=O) groups is 1. The summed E-state index contributed by atoms with van der Waals surface area (Å²) in [6.07, 6.45) is -4.24. The fourth-order valence-corrected chi connectivity index (χ4v) is 3.38. The highest BCUT2D eigenvalue weighted by molar-refractivity contribution is 5.96. The third kappa shape index (κ3) is 5.51. The Bertz CT molecular complexity index is 695. The van der Waals surface area contributed by atoms with Crippen LogP contribution in [0.25, 0.3) is 0 Å². The molecule has 158 valence electrons. The predicted octanol–water partition coefficient (Wildman–Crippen LogP) is 2.99. The molecule has 1 saturated heterocycles. The van der Waals surface area contributed by atoms with Crippen molar-refractivity contribution in [1.82, 2.24) is 9.80 Å². The molecule has 0 aromatic heterocycles. The standard InChI is InChI=1S/C19H28F3N3O3/c1-13(17(26)23-15-10-14(27-4)6-7-16(15)28-5)24-8-9-25(12-19(20,21)22)18(2,3)11-24/h6-7,10,13H,8-9,11-12H2,1-5H3,(H,23,26)/t13-/m0/s1. The minimum Gasteiger partial charge on any atom is -0.497 e. The summed E-state index contributed by atoms with van der Waals surface area (Å²) < 4.78 is 48.8. The fraction of sp³-hybridized carbons (Fsp3) is 0.632. The molecular formula is C19H28F3N3O3. The molecule has 1 atom stereocenters. The average Bonchev–Trinajstić information content (AvgIpc) is 2.61. The van der Waals surface area contributed by atoms with Crippen LogP contribution < -0.4 is 14.8 Å². The molecule has 0 saturated carbocycles. The molecule has 1 aliphatic rings. The van der Waals surface area contributed by atoms with Crippen LogP contribution in [0.4, 0.5) is 18.9 Å². The molecule has 6 nitrogen and oxygen atoms in total. The maximum absolute atomic E-state index is 12.8. The Balaban J connectivity index is 2.06. The molecule has 1 aliphatic heterocycles. The van der Waals surface area contributed by atoms with Gasteiger partial charge in [-0.3, -0.25) is 14.6 Å². The number of halogens is 3. The summed E-state index contributed by atoms with van der Waals surface area (Å²) in [5.74, 6) is 0.814. The van der Waals surface area contributed by atoms with E-state index in [-0.39, 0.29) is 12.5 Å². The van der Waals surface area contributed by atoms with E-state index in [2.05, 4.69) is 5.32 Å². The maximum Gasteiger partial charge on any atom is 0.401 e. The number of nitrogens with zero attached hydrogens (tertiary/aromatic N) is 2. The molecule has 0 aliphatic carbocycles. The number of amides is 1. The highest BCUT2D eigenvalue weighted by Gasteiger charge is 2.42. The summed E-state index contributed by atoms with van der Waals surface area (Å²) in [4.78, 5) is 16.1. The minimum atomic E-state index is -4.24. The molecule has 9 heteroatoms. The molecule has 0 spiro atoms. The molecule has 0 radical (unpaired) electrons. The van der Waals surface area contributed by atoms with Crippen LogP contribution in [0.5, 0.6) is 11.5 Å². The van der Waals surface area contributed by atoms with Gasteiger partial charge in [0.2, 0.25) is 5.91 Å². The van der Waals surface area contributed by atoms with Crippen molar-refractivity contribution >= 4 is 11.6 Å². The summed E-state index contributed by atoms with van der Waals surface area (Å²) in [7, 11) is 3.03. The van der Waals surface area contributed by atoms with Crippen LogP contribution >= 0.6 is 0 Å². The van der Waals surface area contributed by atoms with Gasteiger partial charge in [0.1, 0.15) is 11.5 Å². The van der Waals surface area contributed by atoms with Gasteiger partial charge in [-0.1, -0.05) is 0 Å². The van der Waals surface area contributed by atoms with Gasteiger partial charge in [-0.15, -0.1) is 0 Å². The summed E-state index contributed by atoms with van der Waals surface area (Å²) >= 11 is 0. The Kier molecular flexibility index (Phi) is 6.82. The van der Waals surface area contributed by atoms with Crippen molar-refractivity contribution in [2.75, 3.05) is 45.7 Å². The van der Waals surface area contributed by atoms with E-state index in [0.29, 0.717) is 30.3 Å². The fourth-order valence-electron chi connectivity index (χ4n) is 3.38. The summed E-state index contributed by atoms with van der Waals surface area (Å²) in [5.41, 5.74) is -0.218. The van der Waals surface area contributed by atoms with E-state index >= 15 is 0 Å². The third-order valence-electron chi connectivity index (χ3n) is 5.07. The molecule has 1 aromatic rings. The number of hydrogen-bond acceptors (Lipinski definition) is 5. The Morgan fingerprint density at radius 2 is 1.93 bits per heavy atom. The smallest absolute Gasteiger partial charge is 0.401 e. The van der Waals surface area contributed by atoms with Gasteiger partial charge in [0, 0.05) is 31.2 Å². The number of anilines is 1. The summed E-state index contributed by atoms with van der Waals surface area (Å²) in [5, 5.41) is 2.83. The Labute approximate surface area is 163 Å². The zero-order chi connectivity index (χ0) is 21.1. The molecule has 1 heterocycles. The van der Waals surface area contributed by atoms with E-state index in [0.717, 1.165) is 0 Å². The number of piperazine rings is 1. The van der Waals surface area contributed by atoms with Gasteiger partial charge < -0.3 is 14.8 Å². The Morgan fingerprint density at radius 1 is 1.25 bits per heavy atom. The largest absolute Gasteiger partial charge is 0.497 e. The average molecular weight is 403 g/mol. The van der Waals surface area contributed by atoms with Crippen molar-refractivity contribution in [2.45, 2.75) is 38.5 Å². The first-order chi connectivity index (χ1) is 13.0. The molecule has 0 bridgehead atoms. The van der Waals surface area contributed by atoms with E-state index in [9.17, 15) is 18.0 Å². The van der Waals surface area contributed by atoms with Crippen LogP contribution in [0.2, 0.25) is 0 Å². The first kappa shape index (κ1) is 22.3. The molecule has 2 rings (SSSR count). The summed E-state index contributed by atoms with van der Waals surface area (Å²) in [6.45, 7) is 5.30. The van der Waals surface area contributed by atoms with Crippen molar-refractivity contribution in [2.24, 2.45) is 0 Å². The number of methoxy groups -OCH3 is 2. The number of rotatable bonds is 6. The van der Waals surface area contributed by atoms with E-state index < -0.39 is 24.3 Å². The first-order valence-electron chi connectivity index (χ1n) is 9.05. The van der Waals surface area contributed by atoms with Gasteiger partial charge >= 0.3 is 6.18 Å². The molecule has 28 heavy (non-hydrogen) atoms. The minimum absolute atomic E-state index is 0.243. The Hall–Kier alpha value is -2.00. The van der Waals surface area contributed by atoms with Crippen LogP contribution in [-0.4, -0.2) is 73.9 Å². The zero-order valence-corrected chi connectivity index (χ0v) is 16.9. The van der Waals surface area contributed by atoms with Crippen LogP contribution in [0.15, 0.2) is 18.2 Å². The summed E-state index contributed by atoms with van der Waals surface area (Å²) in [6, 6.07) is 4.57. The van der Waals surface area contributed by atoms with Gasteiger partial charge in [0.15, 0.2) is 0 Å². The first-order valence-corrected chi connectivity index (χ1v) is 9.05. The molecular weight excluding hydrogens is 375 g/mol. The van der Waals surface area contributed by atoms with Gasteiger partial charge in [-0.05, 0) is 32.9 Å². The quantitative estimate of drug-likeness (QED) is 0.792. The van der Waals surface area contributed by atoms with Gasteiger partial charge in [0.25, 0.3) is 0 Å². The highest BCUT2D eigenvalue weighted by atomic mass is 19.4. The van der Waals surface area contributed by atoms with E-state index in [4.69, 9.17) is 9.47 Å². The predicted molar refractivity (Wildman–Crippen MR) is 101 cm³/mol. The van der Waals surface area contributed by atoms with Crippen molar-refractivity contribution in [3.05, 3.63) is 18.2 Å². The second kappa shape index (κ2) is 8.57. The van der Waals surface area contributed by atoms with Gasteiger partial charge in [0.05, 0.1) is 32.5 Å². The number of nitrogens with one attached hydrogen (secondary N) is 1. The lowest BCUT2D eigenvalue weighted by Crippen LogP contribution is -2.63. The lowest BCUT2D eigenvalue weighted by Gasteiger charge is -2.48. The molecule has 0 unspecified atom stereocenters. The van der Waals surface area contributed by atoms with Crippen molar-refractivity contribution in [3.63, 3.8) is 0 Å². The van der Waals surface area contributed by atoms with Gasteiger partial charge in [-0.2, -0.15) is 13.2 Å². The number of carbonyl (C=O) groups excluding carboxylic acids is 1. The lowest BCUT2D eigenvalue weighted by atomic mass is 9.97. The van der Waals surface area contributed by atoms with Crippen LogP contribution in [0.3, 0.4) is 0 Å². The van der Waals surface area contributed by atoms with E-state index in [1.807, 2.05) is 4.90 Å². The SMILES string of the molecule is COc1ccc(OC)c(NC(=O)[C@H](C)N2CCN(CC(F)(F)F)C(C)(C)C2)c1. The van der Waals surface area contributed by atoms with Crippen molar-refractivity contribution in [1.29, 1.82) is 0 Å². The second-order valence-electron chi connectivity index (χ2n) is 7.55. The topological polar surface area (TPSA) is 54.0 Å². The van der Waals surface area contributed by atoms with Crippen LogP contribution in [0, 0.1) is 0 Å². The monoisotopic (exact) mass is 403 g/mol. The molecule has 1 N–H and O–H groups in total. The van der Waals surface area contributed by atoms with Crippen LogP contribution in [0.1, 0.15) is 20.8 Å². The van der Waals surface area contributed by atoms with Crippen molar-refractivity contribution < 1.29 is 27.4 Å². The van der Waals surface area contributed by atoms with Gasteiger partial charge in [-0.25, -0.2) is 0 Å². The number of hydrogen-bond donors (Lipinski definition) is 1. The lowest BCUT2D eigenvalue weighted by molar-refractivity contribution is -0.166. The number of ether oxygens (including phenoxy) is 2. The molecule has 1 amide bonds. The Morgan fingerprint density at radius 3 is 2.46 bits per heavy atom. The molecule has 1 aromatic carbocycles. The van der Waals surface area contributed by atoms with E-state index in [1.165, 1.54) is 19.1 Å². The normalized spacial score (nSPS) is 19.1. The number of alkyl halides is 3. The zero-order valence-electron chi connectivity index (χ0n) is 16.9. The van der Waals surface area contributed by atoms with Crippen LogP contribution in [-0.2, 0) is 4.79 Å². The highest BCUT2D eigenvalue weighted by Crippen LogP contribution is 2.30. The number of benzene rings is 1. The maximum atomic E-state index is 12.8. The molecule has 1 fully saturated rings. The van der Waals surface area contributed by atoms with E-state index in [1.54, 1.807) is 39.0 Å². The second-order valence-corrected chi connectivity index (χ2v) is 7.55.